The molecule has 1 aromatic carbocycles. The van der Waals surface area contributed by atoms with Crippen molar-refractivity contribution < 1.29 is 33.8 Å². The number of likely N-dealkylation sites (N-methyl/N-ethyl adjacent to an activating group) is 1. The molecule has 0 bridgehead atoms. The van der Waals surface area contributed by atoms with Crippen molar-refractivity contribution in [1.29, 1.82) is 0 Å². The maximum atomic E-state index is 13.8. The van der Waals surface area contributed by atoms with Crippen LogP contribution in [0.2, 0.25) is 0 Å². The van der Waals surface area contributed by atoms with Gasteiger partial charge in [0.15, 0.2) is 34.7 Å². The average Bonchev–Trinajstić information content (AvgIpc) is 2.74. The molecule has 2 unspecified atom stereocenters. The van der Waals surface area contributed by atoms with Crippen LogP contribution >= 0.6 is 0 Å². The molecule has 6 atom stereocenters. The van der Waals surface area contributed by atoms with Gasteiger partial charge in [-0.05, 0) is 50.6 Å². The first-order chi connectivity index (χ1) is 15.9. The number of hydrogen-bond acceptors (Lipinski definition) is 9. The van der Waals surface area contributed by atoms with Gasteiger partial charge in [-0.1, -0.05) is 0 Å². The molecule has 34 heavy (non-hydrogen) atoms. The summed E-state index contributed by atoms with van der Waals surface area (Å²) in [6.07, 6.45) is 0.407. The van der Waals surface area contributed by atoms with Crippen LogP contribution in [0.3, 0.4) is 0 Å². The molecule has 3 aliphatic carbocycles. The average molecular weight is 472 g/mol. The quantitative estimate of drug-likeness (QED) is 0.541. The number of benzene rings is 1. The first-order valence-corrected chi connectivity index (χ1v) is 11.1. The minimum atomic E-state index is -2.66. The summed E-state index contributed by atoms with van der Waals surface area (Å²) in [6.45, 7) is 0. The van der Waals surface area contributed by atoms with Gasteiger partial charge in [0.1, 0.15) is 5.75 Å². The first-order valence-electron chi connectivity index (χ1n) is 11.1. The zero-order chi connectivity index (χ0) is 25.3. The summed E-state index contributed by atoms with van der Waals surface area (Å²) in [5.74, 6) is -9.28. The largest absolute Gasteiger partial charge is 0.496 e. The number of hydrogen-bond donors (Lipinski definition) is 2. The number of fused-ring (bicyclic) bond motifs is 3. The van der Waals surface area contributed by atoms with Crippen LogP contribution in [0.15, 0.2) is 12.1 Å². The van der Waals surface area contributed by atoms with Crippen LogP contribution in [-0.4, -0.2) is 86.0 Å². The fourth-order valence-electron chi connectivity index (χ4n) is 6.16. The van der Waals surface area contributed by atoms with Crippen LogP contribution in [0.5, 0.6) is 5.75 Å². The smallest absolute Gasteiger partial charge is 0.235 e. The zero-order valence-corrected chi connectivity index (χ0v) is 19.8. The summed E-state index contributed by atoms with van der Waals surface area (Å²) >= 11 is 0. The van der Waals surface area contributed by atoms with E-state index in [2.05, 4.69) is 0 Å². The predicted octanol–water partition coefficient (Wildman–Crippen LogP) is -0.764. The number of ketones is 4. The molecular formula is C24H29N3O7. The number of ether oxygens (including phenoxy) is 1. The molecule has 0 aliphatic heterocycles. The second-order valence-electron chi connectivity index (χ2n) is 9.82. The van der Waals surface area contributed by atoms with Crippen molar-refractivity contribution in [3.8, 4) is 5.75 Å². The van der Waals surface area contributed by atoms with Crippen LogP contribution in [0.25, 0.3) is 0 Å². The van der Waals surface area contributed by atoms with Gasteiger partial charge in [-0.3, -0.25) is 28.9 Å². The van der Waals surface area contributed by atoms with Gasteiger partial charge in [-0.15, -0.1) is 0 Å². The molecule has 2 fully saturated rings. The third-order valence-electron chi connectivity index (χ3n) is 7.61. The van der Waals surface area contributed by atoms with Crippen LogP contribution in [0.4, 0.5) is 5.69 Å². The lowest BCUT2D eigenvalue weighted by atomic mass is 9.52. The van der Waals surface area contributed by atoms with Gasteiger partial charge in [-0.2, -0.15) is 0 Å². The van der Waals surface area contributed by atoms with E-state index in [1.54, 1.807) is 20.2 Å². The Bertz CT molecular complexity index is 1130. The van der Waals surface area contributed by atoms with E-state index in [1.165, 1.54) is 12.0 Å². The Morgan fingerprint density at radius 2 is 1.76 bits per heavy atom. The third-order valence-corrected chi connectivity index (χ3v) is 7.61. The molecule has 1 aromatic rings. The van der Waals surface area contributed by atoms with Gasteiger partial charge in [0, 0.05) is 25.7 Å². The molecule has 0 heterocycles. The number of anilines is 1. The van der Waals surface area contributed by atoms with E-state index < -0.39 is 64.4 Å². The van der Waals surface area contributed by atoms with E-state index >= 15 is 0 Å². The number of primary amides is 1. The molecule has 3 N–H and O–H groups in total. The number of rotatable bonds is 4. The lowest BCUT2D eigenvalue weighted by molar-refractivity contribution is -0.181. The molecule has 2 saturated carbocycles. The van der Waals surface area contributed by atoms with Crippen molar-refractivity contribution >= 4 is 34.7 Å². The SMILES string of the molecule is COc1ccc(N(C)C)c2c1C(=O)C1C(=O)[C@]3(O)C(=O)C(C(N)=O)C(=O)[C@@H](N(C)C)[C@@H]3C[C@@H]1C2. The summed E-state index contributed by atoms with van der Waals surface area (Å²) in [5, 5.41) is 11.6. The van der Waals surface area contributed by atoms with E-state index in [4.69, 9.17) is 10.5 Å². The Balaban J connectivity index is 1.90. The molecule has 10 nitrogen and oxygen atoms in total. The normalized spacial score (nSPS) is 32.7. The van der Waals surface area contributed by atoms with Crippen molar-refractivity contribution in [3.05, 3.63) is 23.3 Å². The minimum absolute atomic E-state index is 0.0774. The second-order valence-corrected chi connectivity index (χ2v) is 9.82. The lowest BCUT2D eigenvalue weighted by Gasteiger charge is -2.52. The van der Waals surface area contributed by atoms with Crippen LogP contribution < -0.4 is 15.4 Å². The highest BCUT2D eigenvalue weighted by molar-refractivity contribution is 6.32. The van der Waals surface area contributed by atoms with Gasteiger partial charge in [0.2, 0.25) is 5.91 Å². The van der Waals surface area contributed by atoms with Gasteiger partial charge < -0.3 is 20.5 Å². The van der Waals surface area contributed by atoms with Crippen LogP contribution in [0, 0.1) is 23.7 Å². The van der Waals surface area contributed by atoms with Crippen molar-refractivity contribution in [3.63, 3.8) is 0 Å². The topological polar surface area (TPSA) is 147 Å². The number of methoxy groups -OCH3 is 1. The Morgan fingerprint density at radius 3 is 2.29 bits per heavy atom. The van der Waals surface area contributed by atoms with Gasteiger partial charge in [-0.25, -0.2) is 0 Å². The fraction of sp³-hybridized carbons (Fsp3) is 0.542. The molecule has 10 heteroatoms. The molecular weight excluding hydrogens is 442 g/mol. The molecule has 182 valence electrons. The van der Waals surface area contributed by atoms with Crippen molar-refractivity contribution in [1.82, 2.24) is 4.90 Å². The Kier molecular flexibility index (Phi) is 5.64. The molecule has 0 aromatic heterocycles. The highest BCUT2D eigenvalue weighted by Crippen LogP contribution is 2.51. The number of amides is 1. The Hall–Kier alpha value is -3.11. The van der Waals surface area contributed by atoms with Crippen LogP contribution in [0.1, 0.15) is 22.3 Å². The molecule has 3 aliphatic rings. The van der Waals surface area contributed by atoms with Crippen LogP contribution in [-0.2, 0) is 25.6 Å². The molecule has 0 saturated heterocycles. The molecule has 4 rings (SSSR count). The van der Waals surface area contributed by atoms with E-state index in [0.717, 1.165) is 11.3 Å². The number of aliphatic hydroxyl groups is 1. The summed E-state index contributed by atoms with van der Waals surface area (Å²) in [4.78, 5) is 69.2. The Morgan fingerprint density at radius 1 is 1.12 bits per heavy atom. The molecule has 0 spiro atoms. The number of carbonyl (C=O) groups is 5. The van der Waals surface area contributed by atoms with Gasteiger partial charge >= 0.3 is 0 Å². The molecule has 0 radical (unpaired) electrons. The van der Waals surface area contributed by atoms with Crippen molar-refractivity contribution in [2.45, 2.75) is 24.5 Å². The fourth-order valence-corrected chi connectivity index (χ4v) is 6.16. The highest BCUT2D eigenvalue weighted by Gasteiger charge is 2.69. The monoisotopic (exact) mass is 471 g/mol. The number of Topliss-reactive ketones (excluding diaryl/α,β-unsaturated/α-hetero) is 4. The highest BCUT2D eigenvalue weighted by atomic mass is 16.5. The minimum Gasteiger partial charge on any atom is -0.496 e. The number of nitrogens with zero attached hydrogens (tertiary/aromatic N) is 2. The summed E-state index contributed by atoms with van der Waals surface area (Å²) < 4.78 is 5.40. The standard InChI is InChI=1S/C24H29N3O7/c1-26(2)13-6-7-14(34-5)16-11(13)8-10-9-12-18(27(3)4)20(29)17(23(25)32)22(31)24(12,33)21(30)15(10)19(16)28/h6-7,10,12,15,17-18,33H,8-9H2,1-5H3,(H2,25,32)/t10-,12-,15?,17?,18-,24-/m0/s1. The summed E-state index contributed by atoms with van der Waals surface area (Å²) in [7, 11) is 8.25. The number of nitrogens with two attached hydrogens (primary N) is 1. The second kappa shape index (κ2) is 7.99. The zero-order valence-electron chi connectivity index (χ0n) is 19.8. The van der Waals surface area contributed by atoms with Crippen molar-refractivity contribution in [2.75, 3.05) is 40.2 Å². The van der Waals surface area contributed by atoms with E-state index in [-0.39, 0.29) is 12.0 Å². The summed E-state index contributed by atoms with van der Waals surface area (Å²) in [6, 6.07) is 2.40. The predicted molar refractivity (Wildman–Crippen MR) is 121 cm³/mol. The van der Waals surface area contributed by atoms with Crippen molar-refractivity contribution in [2.24, 2.45) is 29.4 Å². The first kappa shape index (κ1) is 24.0. The van der Waals surface area contributed by atoms with E-state index in [1.807, 2.05) is 25.1 Å². The maximum Gasteiger partial charge on any atom is 0.235 e. The summed E-state index contributed by atoms with van der Waals surface area (Å²) in [5.41, 5.74) is 4.44. The van der Waals surface area contributed by atoms with Gasteiger partial charge in [0.25, 0.3) is 0 Å². The third kappa shape index (κ3) is 3.05. The Labute approximate surface area is 197 Å². The van der Waals surface area contributed by atoms with Gasteiger partial charge in [0.05, 0.1) is 24.6 Å². The van der Waals surface area contributed by atoms with E-state index in [0.29, 0.717) is 12.2 Å². The molecule has 1 amide bonds. The number of carbonyl (C=O) groups excluding carboxylic acids is 5. The lowest BCUT2D eigenvalue weighted by Crippen LogP contribution is -2.74. The maximum absolute atomic E-state index is 13.8. The van der Waals surface area contributed by atoms with E-state index in [9.17, 15) is 29.1 Å².